The van der Waals surface area contributed by atoms with Crippen LogP contribution in [0.4, 0.5) is 11.5 Å². The summed E-state index contributed by atoms with van der Waals surface area (Å²) in [6.07, 6.45) is 0. The number of para-hydroxylation sites is 1. The Balaban J connectivity index is 1.22. The third-order valence-corrected chi connectivity index (χ3v) is 7.94. The van der Waals surface area contributed by atoms with Crippen molar-refractivity contribution in [3.63, 3.8) is 0 Å². The smallest absolute Gasteiger partial charge is 0.254 e. The summed E-state index contributed by atoms with van der Waals surface area (Å²) < 4.78 is 10.7. The summed E-state index contributed by atoms with van der Waals surface area (Å²) in [7, 11) is 1.68. The van der Waals surface area contributed by atoms with Gasteiger partial charge in [-0.1, -0.05) is 47.6 Å². The number of nitrogens with zero attached hydrogens (tertiary/aromatic N) is 5. The zero-order valence-electron chi connectivity index (χ0n) is 21.5. The van der Waals surface area contributed by atoms with E-state index in [0.29, 0.717) is 44.2 Å². The molecule has 38 heavy (non-hydrogen) atoms. The number of anilines is 2. The van der Waals surface area contributed by atoms with E-state index in [4.69, 9.17) is 31.0 Å². The zero-order chi connectivity index (χ0) is 26.3. The summed E-state index contributed by atoms with van der Waals surface area (Å²) in [5.41, 5.74) is 3.76. The molecule has 0 aliphatic carbocycles. The van der Waals surface area contributed by atoms with Crippen LogP contribution in [-0.2, 0) is 21.8 Å². The lowest BCUT2D eigenvalue weighted by Gasteiger charge is -2.37. The van der Waals surface area contributed by atoms with Crippen molar-refractivity contribution in [1.82, 2.24) is 14.9 Å². The molecule has 0 bridgehead atoms. The molecular weight excluding hydrogens is 522 g/mol. The van der Waals surface area contributed by atoms with Crippen LogP contribution >= 0.6 is 23.4 Å². The lowest BCUT2D eigenvalue weighted by Crippen LogP contribution is -2.47. The minimum atomic E-state index is 0.0578. The van der Waals surface area contributed by atoms with Crippen molar-refractivity contribution < 1.29 is 14.3 Å². The van der Waals surface area contributed by atoms with Gasteiger partial charge in [0.15, 0.2) is 5.16 Å². The maximum Gasteiger partial charge on any atom is 0.254 e. The van der Waals surface area contributed by atoms with Crippen LogP contribution in [0.5, 0.6) is 0 Å². The second-order valence-corrected chi connectivity index (χ2v) is 10.6. The number of rotatable bonds is 8. The molecule has 0 spiro atoms. The Morgan fingerprint density at radius 1 is 0.974 bits per heavy atom. The minimum absolute atomic E-state index is 0.0578. The van der Waals surface area contributed by atoms with E-state index in [1.807, 2.05) is 53.4 Å². The molecule has 2 aliphatic rings. The molecule has 200 valence electrons. The zero-order valence-corrected chi connectivity index (χ0v) is 23.1. The fourth-order valence-electron chi connectivity index (χ4n) is 4.63. The third-order valence-electron chi connectivity index (χ3n) is 6.70. The molecule has 2 aliphatic heterocycles. The standard InChI is InChI=1S/C28H32ClN5O3S/c1-36-19-23-18-26(33-12-10-32(11-13-33)25-5-3-2-4-24(25)29)31-28(30-23)38-20-21-6-8-22(9-7-21)27(35)34-14-16-37-17-15-34/h2-9,18H,10-17,19-20H2,1H3. The van der Waals surface area contributed by atoms with Crippen molar-refractivity contribution in [3.8, 4) is 0 Å². The number of carbonyl (C=O) groups excluding carboxylic acids is 1. The first-order valence-electron chi connectivity index (χ1n) is 12.8. The molecule has 5 rings (SSSR count). The molecule has 10 heteroatoms. The number of halogens is 1. The van der Waals surface area contributed by atoms with E-state index >= 15 is 0 Å². The molecule has 0 N–H and O–H groups in total. The maximum absolute atomic E-state index is 12.7. The monoisotopic (exact) mass is 553 g/mol. The maximum atomic E-state index is 12.7. The summed E-state index contributed by atoms with van der Waals surface area (Å²) in [4.78, 5) is 28.8. The molecule has 3 aromatic rings. The number of benzene rings is 2. The number of morpholine rings is 1. The fraction of sp³-hybridized carbons (Fsp3) is 0.393. The molecule has 0 radical (unpaired) electrons. The number of carbonyl (C=O) groups is 1. The van der Waals surface area contributed by atoms with E-state index in [-0.39, 0.29) is 5.91 Å². The molecule has 1 aromatic heterocycles. The first-order chi connectivity index (χ1) is 18.6. The third kappa shape index (κ3) is 6.58. The van der Waals surface area contributed by atoms with Crippen LogP contribution in [0.3, 0.4) is 0 Å². The average Bonchev–Trinajstić information content (AvgIpc) is 2.97. The van der Waals surface area contributed by atoms with Gasteiger partial charge >= 0.3 is 0 Å². The van der Waals surface area contributed by atoms with E-state index in [1.165, 1.54) is 0 Å². The van der Waals surface area contributed by atoms with Gasteiger partial charge in [-0.05, 0) is 29.8 Å². The molecule has 2 aromatic carbocycles. The van der Waals surface area contributed by atoms with Gasteiger partial charge in [0.05, 0.1) is 36.2 Å². The SMILES string of the molecule is COCc1cc(N2CCN(c3ccccc3Cl)CC2)nc(SCc2ccc(C(=O)N3CCOCC3)cc2)n1. The Hall–Kier alpha value is -2.85. The molecule has 8 nitrogen and oxygen atoms in total. The van der Waals surface area contributed by atoms with Crippen molar-refractivity contribution in [2.45, 2.75) is 17.5 Å². The molecular formula is C28H32ClN5O3S. The average molecular weight is 554 g/mol. The normalized spacial score (nSPS) is 16.1. The van der Waals surface area contributed by atoms with Crippen LogP contribution in [0.25, 0.3) is 0 Å². The number of hydrogen-bond acceptors (Lipinski definition) is 8. The lowest BCUT2D eigenvalue weighted by molar-refractivity contribution is 0.0303. The van der Waals surface area contributed by atoms with Crippen LogP contribution in [0.15, 0.2) is 59.8 Å². The predicted molar refractivity (Wildman–Crippen MR) is 151 cm³/mol. The Morgan fingerprint density at radius 2 is 1.68 bits per heavy atom. The Morgan fingerprint density at radius 3 is 2.39 bits per heavy atom. The molecule has 3 heterocycles. The van der Waals surface area contributed by atoms with Gasteiger partial charge in [0, 0.05) is 63.8 Å². The lowest BCUT2D eigenvalue weighted by atomic mass is 10.1. The van der Waals surface area contributed by atoms with Crippen molar-refractivity contribution in [1.29, 1.82) is 0 Å². The van der Waals surface area contributed by atoms with Crippen LogP contribution < -0.4 is 9.80 Å². The van der Waals surface area contributed by atoms with Gasteiger partial charge < -0.3 is 24.2 Å². The number of methoxy groups -OCH3 is 1. The number of thioether (sulfide) groups is 1. The number of aromatic nitrogens is 2. The minimum Gasteiger partial charge on any atom is -0.378 e. The highest BCUT2D eigenvalue weighted by atomic mass is 35.5. The van der Waals surface area contributed by atoms with Crippen molar-refractivity contribution >= 4 is 40.8 Å². The van der Waals surface area contributed by atoms with Crippen LogP contribution in [0, 0.1) is 0 Å². The van der Waals surface area contributed by atoms with Crippen molar-refractivity contribution in [2.24, 2.45) is 0 Å². The fourth-order valence-corrected chi connectivity index (χ4v) is 5.72. The van der Waals surface area contributed by atoms with Gasteiger partial charge in [-0.2, -0.15) is 0 Å². The largest absolute Gasteiger partial charge is 0.378 e. The van der Waals surface area contributed by atoms with Gasteiger partial charge in [-0.25, -0.2) is 9.97 Å². The topological polar surface area (TPSA) is 71.0 Å². The predicted octanol–water partition coefficient (Wildman–Crippen LogP) is 4.37. The molecule has 1 amide bonds. The number of ether oxygens (including phenoxy) is 2. The molecule has 0 unspecified atom stereocenters. The highest BCUT2D eigenvalue weighted by Crippen LogP contribution is 2.28. The summed E-state index contributed by atoms with van der Waals surface area (Å²) in [5, 5.41) is 1.50. The first-order valence-corrected chi connectivity index (χ1v) is 14.2. The highest BCUT2D eigenvalue weighted by Gasteiger charge is 2.21. The van der Waals surface area contributed by atoms with Crippen molar-refractivity contribution in [3.05, 3.63) is 76.4 Å². The van der Waals surface area contributed by atoms with E-state index in [0.717, 1.165) is 59.1 Å². The van der Waals surface area contributed by atoms with Crippen LogP contribution in [0.2, 0.25) is 5.02 Å². The van der Waals surface area contributed by atoms with E-state index in [2.05, 4.69) is 15.9 Å². The number of hydrogen-bond donors (Lipinski definition) is 0. The van der Waals surface area contributed by atoms with Gasteiger partial charge in [0.1, 0.15) is 5.82 Å². The highest BCUT2D eigenvalue weighted by molar-refractivity contribution is 7.98. The van der Waals surface area contributed by atoms with E-state index in [1.54, 1.807) is 18.9 Å². The van der Waals surface area contributed by atoms with Gasteiger partial charge in [-0.15, -0.1) is 0 Å². The van der Waals surface area contributed by atoms with Crippen LogP contribution in [-0.4, -0.2) is 80.4 Å². The molecule has 0 atom stereocenters. The van der Waals surface area contributed by atoms with Crippen molar-refractivity contribution in [2.75, 3.05) is 69.4 Å². The van der Waals surface area contributed by atoms with Crippen LogP contribution in [0.1, 0.15) is 21.6 Å². The van der Waals surface area contributed by atoms with Gasteiger partial charge in [0.2, 0.25) is 0 Å². The Bertz CT molecular complexity index is 1230. The quantitative estimate of drug-likeness (QED) is 0.301. The summed E-state index contributed by atoms with van der Waals surface area (Å²) in [6.45, 7) is 6.34. The Kier molecular flexibility index (Phi) is 9.01. The summed E-state index contributed by atoms with van der Waals surface area (Å²) >= 11 is 8.01. The molecule has 2 fully saturated rings. The second-order valence-electron chi connectivity index (χ2n) is 9.25. The molecule has 2 saturated heterocycles. The number of amides is 1. The number of piperazine rings is 1. The van der Waals surface area contributed by atoms with Gasteiger partial charge in [-0.3, -0.25) is 4.79 Å². The summed E-state index contributed by atoms with van der Waals surface area (Å²) in [6, 6.07) is 17.8. The summed E-state index contributed by atoms with van der Waals surface area (Å²) in [5.74, 6) is 1.68. The Labute approximate surface area is 232 Å². The van der Waals surface area contributed by atoms with E-state index in [9.17, 15) is 4.79 Å². The second kappa shape index (κ2) is 12.8. The first kappa shape index (κ1) is 26.7. The molecule has 0 saturated carbocycles. The van der Waals surface area contributed by atoms with E-state index < -0.39 is 0 Å². The van der Waals surface area contributed by atoms with Gasteiger partial charge in [0.25, 0.3) is 5.91 Å².